The molecule has 3 nitrogen and oxygen atoms in total. The third kappa shape index (κ3) is 4.88. The van der Waals surface area contributed by atoms with Crippen LogP contribution in [-0.4, -0.2) is 20.4 Å². The molecule has 0 radical (unpaired) electrons. The Kier molecular flexibility index (Phi) is 5.41. The Labute approximate surface area is 145 Å². The topological polar surface area (TPSA) is 35.5 Å². The van der Waals surface area contributed by atoms with Crippen LogP contribution >= 0.6 is 5.29 Å². The molecule has 0 bridgehead atoms. The predicted molar refractivity (Wildman–Crippen MR) is 93.6 cm³/mol. The summed E-state index contributed by atoms with van der Waals surface area (Å²) < 4.78 is 26.0. The fourth-order valence-electron chi connectivity index (χ4n) is 1.89. The molecule has 0 amide bonds. The van der Waals surface area contributed by atoms with Crippen LogP contribution in [0.15, 0.2) is 91.0 Å². The third-order valence-electron chi connectivity index (χ3n) is 2.88. The normalized spacial score (nSPS) is 11.0. The van der Waals surface area contributed by atoms with Crippen molar-refractivity contribution in [2.45, 2.75) is 0 Å². The van der Waals surface area contributed by atoms with Crippen LogP contribution in [0.25, 0.3) is 0 Å². The van der Waals surface area contributed by atoms with E-state index < -0.39 is 25.7 Å². The molecule has 23 heavy (non-hydrogen) atoms. The van der Waals surface area contributed by atoms with Gasteiger partial charge in [0.15, 0.2) is 0 Å². The first kappa shape index (κ1) is 16.1. The molecule has 0 spiro atoms. The monoisotopic (exact) mass is 440 g/mol. The van der Waals surface area contributed by atoms with Crippen LogP contribution in [0.1, 0.15) is 0 Å². The minimum atomic E-state index is -3.26. The van der Waals surface area contributed by atoms with Crippen LogP contribution in [-0.2, 0) is 4.57 Å². The standard InChI is InChI=1S/C18H15O3PTe/c19-22(20-16-10-4-1-5-11-16,21-17-12-6-2-7-13-17)23-18-14-8-3-9-15-18/h1-15H. The molecule has 0 aliphatic rings. The van der Waals surface area contributed by atoms with Crippen molar-refractivity contribution < 1.29 is 13.6 Å². The summed E-state index contributed by atoms with van der Waals surface area (Å²) in [5.41, 5.74) is 0. The van der Waals surface area contributed by atoms with Crippen molar-refractivity contribution >= 4 is 29.3 Å². The van der Waals surface area contributed by atoms with Crippen molar-refractivity contribution in [1.82, 2.24) is 0 Å². The number of rotatable bonds is 6. The number of hydrogen-bond acceptors (Lipinski definition) is 3. The summed E-state index contributed by atoms with van der Waals surface area (Å²) in [5, 5.41) is -3.26. The van der Waals surface area contributed by atoms with E-state index in [9.17, 15) is 4.57 Å². The quantitative estimate of drug-likeness (QED) is 0.426. The summed E-state index contributed by atoms with van der Waals surface area (Å²) in [7, 11) is 0. The fourth-order valence-corrected chi connectivity index (χ4v) is 8.95. The van der Waals surface area contributed by atoms with Gasteiger partial charge in [0.05, 0.1) is 0 Å². The molecule has 0 saturated carbocycles. The molecule has 3 aromatic rings. The molecule has 3 rings (SSSR count). The molecule has 0 fully saturated rings. The molecule has 0 unspecified atom stereocenters. The van der Waals surface area contributed by atoms with E-state index in [0.29, 0.717) is 11.5 Å². The molecule has 0 aliphatic carbocycles. The molecule has 0 heterocycles. The summed E-state index contributed by atoms with van der Waals surface area (Å²) in [6.07, 6.45) is 0. The third-order valence-corrected chi connectivity index (χ3v) is 9.96. The Bertz CT molecular complexity index is 671. The van der Waals surface area contributed by atoms with Gasteiger partial charge >= 0.3 is 145 Å². The van der Waals surface area contributed by atoms with Crippen LogP contribution in [0.2, 0.25) is 0 Å². The SMILES string of the molecule is O=P(Oc1ccccc1)(Oc1ccccc1)[Te]c1ccccc1. The van der Waals surface area contributed by atoms with Crippen molar-refractivity contribution in [3.05, 3.63) is 91.0 Å². The first-order valence-corrected chi connectivity index (χ1v) is 12.8. The molecule has 0 saturated heterocycles. The van der Waals surface area contributed by atoms with Crippen LogP contribution < -0.4 is 12.7 Å². The second-order valence-corrected chi connectivity index (χ2v) is 12.8. The van der Waals surface area contributed by atoms with Gasteiger partial charge in [-0.3, -0.25) is 0 Å². The number of para-hydroxylation sites is 2. The maximum absolute atomic E-state index is 13.3. The van der Waals surface area contributed by atoms with Gasteiger partial charge in [0.25, 0.3) is 0 Å². The first-order chi connectivity index (χ1) is 11.2. The van der Waals surface area contributed by atoms with Gasteiger partial charge in [-0.1, -0.05) is 0 Å². The van der Waals surface area contributed by atoms with Gasteiger partial charge in [-0.05, 0) is 0 Å². The maximum atomic E-state index is 13.3. The summed E-state index contributed by atoms with van der Waals surface area (Å²) >= 11 is -1.18. The number of benzene rings is 3. The zero-order valence-electron chi connectivity index (χ0n) is 12.2. The van der Waals surface area contributed by atoms with E-state index in [2.05, 4.69) is 0 Å². The molecule has 0 atom stereocenters. The van der Waals surface area contributed by atoms with Crippen LogP contribution in [0, 0.1) is 0 Å². The van der Waals surface area contributed by atoms with Gasteiger partial charge in [-0.15, -0.1) is 0 Å². The zero-order chi connectivity index (χ0) is 16.0. The van der Waals surface area contributed by atoms with Gasteiger partial charge < -0.3 is 0 Å². The Morgan fingerprint density at radius 1 is 0.609 bits per heavy atom. The van der Waals surface area contributed by atoms with E-state index in [-0.39, 0.29) is 0 Å². The Hall–Kier alpha value is -1.72. The molecule has 116 valence electrons. The van der Waals surface area contributed by atoms with E-state index in [4.69, 9.17) is 9.05 Å². The van der Waals surface area contributed by atoms with Gasteiger partial charge in [0.1, 0.15) is 0 Å². The fraction of sp³-hybridized carbons (Fsp3) is 0. The van der Waals surface area contributed by atoms with E-state index in [1.165, 1.54) is 0 Å². The summed E-state index contributed by atoms with van der Waals surface area (Å²) in [5.74, 6) is 1.13. The predicted octanol–water partition coefficient (Wildman–Crippen LogP) is 4.28. The van der Waals surface area contributed by atoms with Crippen molar-refractivity contribution in [3.63, 3.8) is 0 Å². The minimum absolute atomic E-state index is 0.563. The molecule has 0 N–H and O–H groups in total. The average Bonchev–Trinajstić information content (AvgIpc) is 2.57. The van der Waals surface area contributed by atoms with E-state index in [1.807, 2.05) is 66.7 Å². The molecular weight excluding hydrogens is 423 g/mol. The summed E-state index contributed by atoms with van der Waals surface area (Å²) in [6.45, 7) is 0. The second kappa shape index (κ2) is 7.70. The van der Waals surface area contributed by atoms with Crippen molar-refractivity contribution in [3.8, 4) is 11.5 Å². The Morgan fingerprint density at radius 2 is 1.00 bits per heavy atom. The molecular formula is C18H15O3PTe. The molecule has 5 heteroatoms. The van der Waals surface area contributed by atoms with Crippen molar-refractivity contribution in [2.75, 3.05) is 0 Å². The molecule has 0 aliphatic heterocycles. The van der Waals surface area contributed by atoms with Gasteiger partial charge in [0.2, 0.25) is 0 Å². The van der Waals surface area contributed by atoms with Gasteiger partial charge in [-0.2, -0.15) is 0 Å². The van der Waals surface area contributed by atoms with E-state index >= 15 is 0 Å². The molecule has 3 aromatic carbocycles. The van der Waals surface area contributed by atoms with Gasteiger partial charge in [0, 0.05) is 0 Å². The molecule has 0 aromatic heterocycles. The van der Waals surface area contributed by atoms with Crippen molar-refractivity contribution in [2.24, 2.45) is 0 Å². The average molecular weight is 438 g/mol. The van der Waals surface area contributed by atoms with Crippen LogP contribution in [0.4, 0.5) is 0 Å². The van der Waals surface area contributed by atoms with E-state index in [0.717, 1.165) is 3.61 Å². The summed E-state index contributed by atoms with van der Waals surface area (Å²) in [4.78, 5) is 0. The van der Waals surface area contributed by atoms with Gasteiger partial charge in [-0.25, -0.2) is 0 Å². The number of hydrogen-bond donors (Lipinski definition) is 0. The Balaban J connectivity index is 1.87. The first-order valence-electron chi connectivity index (χ1n) is 7.07. The summed E-state index contributed by atoms with van der Waals surface area (Å²) in [6, 6.07) is 28.1. The second-order valence-electron chi connectivity index (χ2n) is 4.66. The zero-order valence-corrected chi connectivity index (χ0v) is 15.5. The van der Waals surface area contributed by atoms with Crippen LogP contribution in [0.5, 0.6) is 11.5 Å². The van der Waals surface area contributed by atoms with E-state index in [1.54, 1.807) is 24.3 Å². The Morgan fingerprint density at radius 3 is 1.43 bits per heavy atom. The van der Waals surface area contributed by atoms with Crippen LogP contribution in [0.3, 0.4) is 0 Å². The van der Waals surface area contributed by atoms with Crippen molar-refractivity contribution in [1.29, 1.82) is 0 Å².